The number of allylic oxidation sites excluding steroid dienone is 1. The molecule has 23 heavy (non-hydrogen) atoms. The lowest BCUT2D eigenvalue weighted by Crippen LogP contribution is -2.26. The van der Waals surface area contributed by atoms with Gasteiger partial charge in [-0.15, -0.1) is 10.2 Å². The predicted octanol–water partition coefficient (Wildman–Crippen LogP) is -0.553. The number of benzene rings is 1. The third-order valence-electron chi connectivity index (χ3n) is 2.66. The van der Waals surface area contributed by atoms with E-state index in [-0.39, 0.29) is 29.4 Å². The Hall–Kier alpha value is -2.81. The Kier molecular flexibility index (Phi) is 5.36. The Labute approximate surface area is 131 Å². The summed E-state index contributed by atoms with van der Waals surface area (Å²) in [5.74, 6) is 0.146. The fourth-order valence-corrected chi connectivity index (χ4v) is 2.59. The Morgan fingerprint density at radius 3 is 2.70 bits per heavy atom. The average molecular weight is 335 g/mol. The van der Waals surface area contributed by atoms with Crippen molar-refractivity contribution in [2.45, 2.75) is 4.90 Å². The smallest absolute Gasteiger partial charge is 0.240 e. The molecule has 0 saturated heterocycles. The summed E-state index contributed by atoms with van der Waals surface area (Å²) in [6.07, 6.45) is 1.39. The minimum atomic E-state index is -3.65. The van der Waals surface area contributed by atoms with E-state index in [1.165, 1.54) is 30.5 Å². The number of hydrogen-bond donors (Lipinski definition) is 4. The second kappa shape index (κ2) is 7.45. The van der Waals surface area contributed by atoms with E-state index in [0.29, 0.717) is 5.69 Å². The quantitative estimate of drug-likeness (QED) is 0.491. The summed E-state index contributed by atoms with van der Waals surface area (Å²) < 4.78 is 25.9. The molecule has 11 heteroatoms. The van der Waals surface area contributed by atoms with E-state index in [2.05, 4.69) is 30.7 Å². The van der Waals surface area contributed by atoms with Crippen LogP contribution in [0.2, 0.25) is 0 Å². The van der Waals surface area contributed by atoms with Gasteiger partial charge in [0.15, 0.2) is 0 Å². The first-order valence-electron chi connectivity index (χ1n) is 6.38. The van der Waals surface area contributed by atoms with Crippen LogP contribution in [0.4, 0.5) is 5.69 Å². The lowest BCUT2D eigenvalue weighted by molar-refractivity contribution is 0.301. The van der Waals surface area contributed by atoms with E-state index in [0.717, 1.165) is 0 Å². The minimum absolute atomic E-state index is 0.0543. The van der Waals surface area contributed by atoms with Crippen molar-refractivity contribution in [1.82, 2.24) is 25.3 Å². The van der Waals surface area contributed by atoms with Gasteiger partial charge in [0.2, 0.25) is 15.8 Å². The van der Waals surface area contributed by atoms with Gasteiger partial charge in [-0.05, 0) is 29.5 Å². The van der Waals surface area contributed by atoms with Crippen molar-refractivity contribution in [2.75, 3.05) is 18.5 Å². The number of rotatable bonds is 7. The molecule has 10 nitrogen and oxygen atoms in total. The van der Waals surface area contributed by atoms with Gasteiger partial charge in [0.1, 0.15) is 11.6 Å². The highest BCUT2D eigenvalue weighted by Gasteiger charge is 2.12. The Morgan fingerprint density at radius 2 is 2.13 bits per heavy atom. The van der Waals surface area contributed by atoms with E-state index >= 15 is 0 Å². The molecule has 0 spiro atoms. The number of aromatic nitrogens is 4. The first-order valence-corrected chi connectivity index (χ1v) is 7.86. The number of nitrogens with one attached hydrogen (secondary N) is 3. The van der Waals surface area contributed by atoms with Crippen molar-refractivity contribution < 1.29 is 13.5 Å². The normalized spacial score (nSPS) is 11.9. The maximum Gasteiger partial charge on any atom is 0.240 e. The summed E-state index contributed by atoms with van der Waals surface area (Å²) in [6, 6.07) is 7.79. The van der Waals surface area contributed by atoms with Gasteiger partial charge in [-0.1, -0.05) is 0 Å². The Morgan fingerprint density at radius 1 is 1.39 bits per heavy atom. The van der Waals surface area contributed by atoms with Crippen LogP contribution < -0.4 is 10.0 Å². The molecule has 0 atom stereocenters. The third-order valence-corrected chi connectivity index (χ3v) is 4.14. The van der Waals surface area contributed by atoms with Gasteiger partial charge in [0.25, 0.3) is 0 Å². The van der Waals surface area contributed by atoms with Gasteiger partial charge < -0.3 is 10.4 Å². The van der Waals surface area contributed by atoms with Crippen molar-refractivity contribution in [2.24, 2.45) is 0 Å². The first kappa shape index (κ1) is 16.6. The molecule has 1 aromatic heterocycles. The number of H-pyrrole nitrogens is 1. The summed E-state index contributed by atoms with van der Waals surface area (Å²) in [7, 11) is -3.65. The number of nitrogens with zero attached hydrogens (tertiary/aromatic N) is 4. The molecule has 4 N–H and O–H groups in total. The maximum absolute atomic E-state index is 11.8. The topological polar surface area (TPSA) is 157 Å². The molecule has 1 heterocycles. The highest BCUT2D eigenvalue weighted by atomic mass is 32.2. The molecule has 120 valence electrons. The lowest BCUT2D eigenvalue weighted by Gasteiger charge is -2.06. The fraction of sp³-hybridized carbons (Fsp3) is 0.167. The van der Waals surface area contributed by atoms with Gasteiger partial charge in [-0.25, -0.2) is 13.1 Å². The van der Waals surface area contributed by atoms with Gasteiger partial charge in [-0.2, -0.15) is 10.5 Å². The number of aromatic amines is 1. The zero-order valence-electron chi connectivity index (χ0n) is 11.8. The largest absolute Gasteiger partial charge is 0.395 e. The SMILES string of the molecule is N#CC(=CNc1ccc(S(=O)(=O)NCCO)cc1)c1nn[nH]n1. The molecular formula is C12H13N7O3S. The van der Waals surface area contributed by atoms with Crippen LogP contribution in [0.5, 0.6) is 0 Å². The molecule has 0 amide bonds. The Balaban J connectivity index is 2.10. The van der Waals surface area contributed by atoms with Crippen LogP contribution in [0, 0.1) is 11.3 Å². The summed E-state index contributed by atoms with van der Waals surface area (Å²) in [6.45, 7) is -0.335. The molecule has 0 unspecified atom stereocenters. The predicted molar refractivity (Wildman–Crippen MR) is 80.1 cm³/mol. The Bertz CT molecular complexity index is 807. The van der Waals surface area contributed by atoms with E-state index in [1.54, 1.807) is 0 Å². The van der Waals surface area contributed by atoms with Crippen molar-refractivity contribution in [3.05, 3.63) is 36.3 Å². The number of nitriles is 1. The van der Waals surface area contributed by atoms with E-state index in [4.69, 9.17) is 10.4 Å². The monoisotopic (exact) mass is 335 g/mol. The second-order valence-corrected chi connectivity index (χ2v) is 5.96. The molecule has 2 aromatic rings. The fourth-order valence-electron chi connectivity index (χ4n) is 1.57. The number of sulfonamides is 1. The standard InChI is InChI=1S/C12H13N7O3S/c13-7-9(12-16-18-19-17-12)8-14-10-1-3-11(4-2-10)23(21,22)15-5-6-20/h1-4,8,14-15,20H,5-6H2,(H,16,17,18,19). The summed E-state index contributed by atoms with van der Waals surface area (Å²) in [5, 5.41) is 33.5. The van der Waals surface area contributed by atoms with E-state index < -0.39 is 10.0 Å². The highest BCUT2D eigenvalue weighted by Crippen LogP contribution is 2.15. The van der Waals surface area contributed by atoms with Crippen molar-refractivity contribution in [3.8, 4) is 6.07 Å². The molecule has 0 saturated carbocycles. The molecule has 0 radical (unpaired) electrons. The van der Waals surface area contributed by atoms with Gasteiger partial charge in [0, 0.05) is 18.4 Å². The summed E-state index contributed by atoms with van der Waals surface area (Å²) in [5.41, 5.74) is 0.738. The second-order valence-electron chi connectivity index (χ2n) is 4.20. The van der Waals surface area contributed by atoms with Crippen LogP contribution in [0.1, 0.15) is 5.82 Å². The van der Waals surface area contributed by atoms with Crippen LogP contribution >= 0.6 is 0 Å². The minimum Gasteiger partial charge on any atom is -0.395 e. The summed E-state index contributed by atoms with van der Waals surface area (Å²) >= 11 is 0. The third kappa shape index (κ3) is 4.33. The summed E-state index contributed by atoms with van der Waals surface area (Å²) in [4.78, 5) is 0.0687. The van der Waals surface area contributed by atoms with Gasteiger partial charge >= 0.3 is 0 Å². The van der Waals surface area contributed by atoms with Crippen LogP contribution in [0.3, 0.4) is 0 Å². The zero-order chi connectivity index (χ0) is 16.7. The number of aliphatic hydroxyl groups is 1. The number of tetrazole rings is 1. The first-order chi connectivity index (χ1) is 11.1. The van der Waals surface area contributed by atoms with Gasteiger partial charge in [-0.3, -0.25) is 0 Å². The van der Waals surface area contributed by atoms with Crippen LogP contribution in [-0.4, -0.2) is 47.3 Å². The van der Waals surface area contributed by atoms with Crippen molar-refractivity contribution in [3.63, 3.8) is 0 Å². The van der Waals surface area contributed by atoms with E-state index in [9.17, 15) is 8.42 Å². The molecule has 0 aliphatic rings. The van der Waals surface area contributed by atoms with Crippen molar-refractivity contribution in [1.29, 1.82) is 5.26 Å². The van der Waals surface area contributed by atoms with Crippen LogP contribution in [0.15, 0.2) is 35.4 Å². The molecule has 2 rings (SSSR count). The molecule has 1 aromatic carbocycles. The molecule has 0 aliphatic carbocycles. The highest BCUT2D eigenvalue weighted by molar-refractivity contribution is 7.89. The number of aliphatic hydroxyl groups excluding tert-OH is 1. The number of anilines is 1. The van der Waals surface area contributed by atoms with E-state index in [1.807, 2.05) is 6.07 Å². The lowest BCUT2D eigenvalue weighted by atomic mass is 10.3. The maximum atomic E-state index is 11.8. The molecule has 0 aliphatic heterocycles. The molecule has 0 fully saturated rings. The molecule has 0 bridgehead atoms. The number of hydrogen-bond acceptors (Lipinski definition) is 8. The van der Waals surface area contributed by atoms with Crippen molar-refractivity contribution >= 4 is 21.3 Å². The zero-order valence-corrected chi connectivity index (χ0v) is 12.6. The van der Waals surface area contributed by atoms with Crippen LogP contribution in [-0.2, 0) is 10.0 Å². The van der Waals surface area contributed by atoms with Gasteiger partial charge in [0.05, 0.1) is 11.5 Å². The van der Waals surface area contributed by atoms with Crippen LogP contribution in [0.25, 0.3) is 5.57 Å². The molecular weight excluding hydrogens is 322 g/mol. The average Bonchev–Trinajstić information content (AvgIpc) is 3.08.